The summed E-state index contributed by atoms with van der Waals surface area (Å²) in [5.41, 5.74) is -1.14. The molecule has 0 unspecified atom stereocenters. The fourth-order valence-corrected chi connectivity index (χ4v) is 3.35. The largest absolute Gasteiger partial charge is 0.454 e. The molecule has 4 rings (SSSR count). The second-order valence-electron chi connectivity index (χ2n) is 6.14. The number of hydrogen-bond donors (Lipinski definition) is 2. The standard InChI is InChI=1S/C18H10Cl2N6O4/c1-25-14-6-9(2-3-12(14)22-17(25)28)30-15-10(19)4-8(5-11(15)20)26-18(29)23-16(27)13(7-21)24-26/h2-6H,1H3,(H,22,28)(H,23,27,29). The molecule has 2 aromatic heterocycles. The van der Waals surface area contributed by atoms with Crippen molar-refractivity contribution < 1.29 is 4.74 Å². The van der Waals surface area contributed by atoms with E-state index in [9.17, 15) is 14.4 Å². The Balaban J connectivity index is 1.77. The Morgan fingerprint density at radius 2 is 1.77 bits per heavy atom. The van der Waals surface area contributed by atoms with Crippen molar-refractivity contribution in [3.05, 3.63) is 77.4 Å². The molecule has 0 amide bonds. The maximum absolute atomic E-state index is 12.1. The average molecular weight is 445 g/mol. The van der Waals surface area contributed by atoms with E-state index >= 15 is 0 Å². The number of aromatic nitrogens is 5. The molecule has 0 spiro atoms. The first kappa shape index (κ1) is 19.5. The van der Waals surface area contributed by atoms with Gasteiger partial charge in [-0.3, -0.25) is 14.3 Å². The smallest absolute Gasteiger partial charge is 0.349 e. The molecule has 10 nitrogen and oxygen atoms in total. The maximum Gasteiger partial charge on any atom is 0.349 e. The Labute approximate surface area is 176 Å². The van der Waals surface area contributed by atoms with Crippen LogP contribution in [0.25, 0.3) is 16.7 Å². The molecule has 2 N–H and O–H groups in total. The lowest BCUT2D eigenvalue weighted by Crippen LogP contribution is -2.33. The minimum atomic E-state index is -0.898. The molecule has 2 aromatic carbocycles. The van der Waals surface area contributed by atoms with Crippen LogP contribution in [0.4, 0.5) is 0 Å². The molecule has 12 heteroatoms. The summed E-state index contributed by atoms with van der Waals surface area (Å²) >= 11 is 12.6. The molecule has 0 radical (unpaired) electrons. The fourth-order valence-electron chi connectivity index (χ4n) is 2.80. The van der Waals surface area contributed by atoms with Crippen LogP contribution in [0.3, 0.4) is 0 Å². The van der Waals surface area contributed by atoms with E-state index in [0.29, 0.717) is 16.8 Å². The number of nitrogens with one attached hydrogen (secondary N) is 2. The molecular weight excluding hydrogens is 435 g/mol. The number of hydrogen-bond acceptors (Lipinski definition) is 6. The Hall–Kier alpha value is -3.81. The van der Waals surface area contributed by atoms with Crippen LogP contribution >= 0.6 is 23.2 Å². The van der Waals surface area contributed by atoms with E-state index in [0.717, 1.165) is 4.68 Å². The number of halogens is 2. The molecule has 0 aliphatic carbocycles. The third-order valence-corrected chi connectivity index (χ3v) is 4.82. The van der Waals surface area contributed by atoms with Crippen molar-refractivity contribution in [3.63, 3.8) is 0 Å². The lowest BCUT2D eigenvalue weighted by molar-refractivity contribution is 0.483. The van der Waals surface area contributed by atoms with Gasteiger partial charge in [-0.1, -0.05) is 23.2 Å². The zero-order valence-corrected chi connectivity index (χ0v) is 16.6. The highest BCUT2D eigenvalue weighted by Crippen LogP contribution is 2.38. The minimum absolute atomic E-state index is 0.0546. The van der Waals surface area contributed by atoms with Gasteiger partial charge in [0, 0.05) is 13.1 Å². The molecule has 2 heterocycles. The van der Waals surface area contributed by atoms with E-state index in [1.807, 2.05) is 4.98 Å². The third kappa shape index (κ3) is 3.26. The van der Waals surface area contributed by atoms with Crippen molar-refractivity contribution >= 4 is 34.2 Å². The molecule has 30 heavy (non-hydrogen) atoms. The van der Waals surface area contributed by atoms with Crippen LogP contribution in [0, 0.1) is 11.3 Å². The highest BCUT2D eigenvalue weighted by molar-refractivity contribution is 6.37. The van der Waals surface area contributed by atoms with Crippen LogP contribution in [0.2, 0.25) is 10.0 Å². The second-order valence-corrected chi connectivity index (χ2v) is 6.95. The Kier molecular flexibility index (Phi) is 4.69. The van der Waals surface area contributed by atoms with Gasteiger partial charge in [0.1, 0.15) is 11.8 Å². The van der Waals surface area contributed by atoms with Gasteiger partial charge >= 0.3 is 11.4 Å². The summed E-state index contributed by atoms with van der Waals surface area (Å²) in [6.45, 7) is 0. The molecule has 0 aliphatic heterocycles. The number of nitrogens with zero attached hydrogens (tertiary/aromatic N) is 4. The molecular formula is C18H10Cl2N6O4. The monoisotopic (exact) mass is 444 g/mol. The average Bonchev–Trinajstić information content (AvgIpc) is 2.98. The van der Waals surface area contributed by atoms with Crippen LogP contribution in [0.1, 0.15) is 5.69 Å². The molecule has 0 fully saturated rings. The van der Waals surface area contributed by atoms with E-state index in [2.05, 4.69) is 10.1 Å². The van der Waals surface area contributed by atoms with Gasteiger partial charge in [-0.25, -0.2) is 9.59 Å². The first-order valence-electron chi connectivity index (χ1n) is 8.28. The van der Waals surface area contributed by atoms with E-state index in [1.54, 1.807) is 31.3 Å². The van der Waals surface area contributed by atoms with Crippen molar-refractivity contribution in [3.8, 4) is 23.3 Å². The number of fused-ring (bicyclic) bond motifs is 1. The highest BCUT2D eigenvalue weighted by atomic mass is 35.5. The van der Waals surface area contributed by atoms with Crippen molar-refractivity contribution in [2.45, 2.75) is 0 Å². The number of H-pyrrole nitrogens is 2. The summed E-state index contributed by atoms with van der Waals surface area (Å²) in [4.78, 5) is 40.0. The Morgan fingerprint density at radius 3 is 2.43 bits per heavy atom. The number of ether oxygens (including phenoxy) is 1. The quantitative estimate of drug-likeness (QED) is 0.495. The highest BCUT2D eigenvalue weighted by Gasteiger charge is 2.15. The molecule has 0 aliphatic rings. The first-order valence-corrected chi connectivity index (χ1v) is 9.04. The molecule has 4 aromatic rings. The van der Waals surface area contributed by atoms with Crippen molar-refractivity contribution in [1.82, 2.24) is 24.3 Å². The number of nitriles is 1. The van der Waals surface area contributed by atoms with Crippen LogP contribution in [0.5, 0.6) is 11.5 Å². The van der Waals surface area contributed by atoms with E-state index in [1.165, 1.54) is 16.7 Å². The van der Waals surface area contributed by atoms with Crippen LogP contribution < -0.4 is 21.7 Å². The summed E-state index contributed by atoms with van der Waals surface area (Å²) in [6, 6.07) is 9.24. The molecule has 0 saturated carbocycles. The van der Waals surface area contributed by atoms with Gasteiger partial charge in [0.15, 0.2) is 5.75 Å². The van der Waals surface area contributed by atoms with Crippen LogP contribution in [0.15, 0.2) is 44.7 Å². The SMILES string of the molecule is Cn1c(=O)[nH]c2ccc(Oc3c(Cl)cc(-n4nc(C#N)c(=O)[nH]c4=O)cc3Cl)cc21. The number of aromatic amines is 2. The summed E-state index contributed by atoms with van der Waals surface area (Å²) in [6.07, 6.45) is 0. The van der Waals surface area contributed by atoms with Crippen molar-refractivity contribution in [2.75, 3.05) is 0 Å². The van der Waals surface area contributed by atoms with E-state index in [4.69, 9.17) is 33.2 Å². The van der Waals surface area contributed by atoms with Gasteiger partial charge < -0.3 is 9.72 Å². The minimum Gasteiger partial charge on any atom is -0.454 e. The van der Waals surface area contributed by atoms with Crippen molar-refractivity contribution in [1.29, 1.82) is 5.26 Å². The van der Waals surface area contributed by atoms with Gasteiger partial charge in [0.25, 0.3) is 5.56 Å². The molecule has 0 saturated heterocycles. The molecule has 0 bridgehead atoms. The Morgan fingerprint density at radius 1 is 1.07 bits per heavy atom. The van der Waals surface area contributed by atoms with Gasteiger partial charge in [0.2, 0.25) is 5.69 Å². The number of imidazole rings is 1. The zero-order valence-electron chi connectivity index (χ0n) is 15.1. The predicted octanol–water partition coefficient (Wildman–Crippen LogP) is 2.07. The van der Waals surface area contributed by atoms with Gasteiger partial charge in [0.05, 0.1) is 26.8 Å². The third-order valence-electron chi connectivity index (χ3n) is 4.26. The lowest BCUT2D eigenvalue weighted by atomic mass is 10.2. The van der Waals surface area contributed by atoms with Crippen molar-refractivity contribution in [2.24, 2.45) is 7.05 Å². The maximum atomic E-state index is 12.1. The van der Waals surface area contributed by atoms with Gasteiger partial charge in [-0.2, -0.15) is 9.94 Å². The van der Waals surface area contributed by atoms with Gasteiger partial charge in [-0.05, 0) is 24.3 Å². The number of benzene rings is 2. The molecule has 0 atom stereocenters. The Bertz CT molecular complexity index is 1520. The number of aryl methyl sites for hydroxylation is 1. The zero-order chi connectivity index (χ0) is 21.6. The summed E-state index contributed by atoms with van der Waals surface area (Å²) in [5.74, 6) is 0.486. The first-order chi connectivity index (χ1) is 14.3. The fraction of sp³-hybridized carbons (Fsp3) is 0.0556. The normalized spacial score (nSPS) is 10.9. The number of rotatable bonds is 3. The van der Waals surface area contributed by atoms with Crippen LogP contribution in [-0.4, -0.2) is 24.3 Å². The summed E-state index contributed by atoms with van der Waals surface area (Å²) in [7, 11) is 1.62. The lowest BCUT2D eigenvalue weighted by Gasteiger charge is -2.12. The summed E-state index contributed by atoms with van der Waals surface area (Å²) in [5, 5.41) is 12.8. The topological polar surface area (TPSA) is 139 Å². The van der Waals surface area contributed by atoms with Crippen LogP contribution in [-0.2, 0) is 7.05 Å². The van der Waals surface area contributed by atoms with Gasteiger partial charge in [-0.15, -0.1) is 5.10 Å². The predicted molar refractivity (Wildman–Crippen MR) is 109 cm³/mol. The van der Waals surface area contributed by atoms with E-state index in [-0.39, 0.29) is 27.2 Å². The summed E-state index contributed by atoms with van der Waals surface area (Å²) < 4.78 is 8.01. The molecule has 150 valence electrons. The second kappa shape index (κ2) is 7.22. The van der Waals surface area contributed by atoms with E-state index < -0.39 is 16.9 Å².